The molecule has 1 unspecified atom stereocenters. The van der Waals surface area contributed by atoms with Gasteiger partial charge in [0, 0.05) is 52.1 Å². The molecular formula is C23H16FN3O2S. The Kier molecular flexibility index (Phi) is 4.72. The molecule has 7 heteroatoms. The van der Waals surface area contributed by atoms with E-state index in [4.69, 9.17) is 4.74 Å². The zero-order valence-electron chi connectivity index (χ0n) is 15.6. The molecule has 5 nitrogen and oxygen atoms in total. The summed E-state index contributed by atoms with van der Waals surface area (Å²) in [6, 6.07) is 15.1. The number of hydrogen-bond donors (Lipinski definition) is 2. The quantitative estimate of drug-likeness (QED) is 0.417. The van der Waals surface area contributed by atoms with Crippen molar-refractivity contribution >= 4 is 28.4 Å². The Balaban J connectivity index is 1.35. The van der Waals surface area contributed by atoms with Gasteiger partial charge in [-0.05, 0) is 42.5 Å². The smallest absolute Gasteiger partial charge is 0.211 e. The van der Waals surface area contributed by atoms with E-state index in [0.717, 1.165) is 16.5 Å². The molecule has 2 aromatic heterocycles. The molecule has 4 aromatic rings. The summed E-state index contributed by atoms with van der Waals surface area (Å²) in [7, 11) is 0. The van der Waals surface area contributed by atoms with Crippen LogP contribution in [0.5, 0.6) is 11.5 Å². The fourth-order valence-electron chi connectivity index (χ4n) is 3.30. The molecule has 2 N–H and O–H groups in total. The van der Waals surface area contributed by atoms with Crippen LogP contribution in [0.2, 0.25) is 0 Å². The maximum Gasteiger partial charge on any atom is 0.211 e. The van der Waals surface area contributed by atoms with E-state index < -0.39 is 0 Å². The molecule has 0 aliphatic carbocycles. The van der Waals surface area contributed by atoms with Crippen LogP contribution in [0.3, 0.4) is 0 Å². The van der Waals surface area contributed by atoms with Crippen LogP contribution in [-0.4, -0.2) is 15.8 Å². The van der Waals surface area contributed by atoms with Crippen molar-refractivity contribution in [2.45, 2.75) is 5.37 Å². The van der Waals surface area contributed by atoms with Crippen molar-refractivity contribution in [3.05, 3.63) is 101 Å². The van der Waals surface area contributed by atoms with Crippen molar-refractivity contribution in [1.82, 2.24) is 15.3 Å². The number of ether oxygens (including phenoxy) is 1. The number of nitrogens with one attached hydrogen (secondary N) is 2. The summed E-state index contributed by atoms with van der Waals surface area (Å²) in [5.41, 5.74) is 2.95. The number of Topliss-reactive ketones (excluding diaryl/α,β-unsaturated/α-hetero) is 1. The minimum absolute atomic E-state index is 0.0291. The van der Waals surface area contributed by atoms with E-state index in [1.165, 1.54) is 12.1 Å². The number of thioether (sulfide) groups is 1. The van der Waals surface area contributed by atoms with Gasteiger partial charge < -0.3 is 15.0 Å². The number of aromatic nitrogens is 2. The van der Waals surface area contributed by atoms with Gasteiger partial charge >= 0.3 is 0 Å². The fourth-order valence-corrected chi connectivity index (χ4v) is 4.24. The maximum atomic E-state index is 13.1. The van der Waals surface area contributed by atoms with Crippen molar-refractivity contribution in [2.75, 3.05) is 0 Å². The molecule has 0 spiro atoms. The molecule has 1 atom stereocenters. The van der Waals surface area contributed by atoms with Crippen molar-refractivity contribution < 1.29 is 13.9 Å². The first-order valence-electron chi connectivity index (χ1n) is 9.29. The molecule has 1 aliphatic rings. The van der Waals surface area contributed by atoms with Gasteiger partial charge in [0.2, 0.25) is 5.78 Å². The van der Waals surface area contributed by atoms with Gasteiger partial charge in [0.05, 0.1) is 5.70 Å². The average molecular weight is 417 g/mol. The highest BCUT2D eigenvalue weighted by Crippen LogP contribution is 2.35. The summed E-state index contributed by atoms with van der Waals surface area (Å²) in [6.45, 7) is 0. The summed E-state index contributed by atoms with van der Waals surface area (Å²) in [6.07, 6.45) is 5.22. The lowest BCUT2D eigenvalue weighted by Crippen LogP contribution is -2.19. The SMILES string of the molecule is O=C(C1=CSC(c2cccnc2)N1)c1c[nH]c2cc(Oc3ccc(F)cc3)ccc12. The largest absolute Gasteiger partial charge is 0.457 e. The van der Waals surface area contributed by atoms with Crippen LogP contribution < -0.4 is 10.1 Å². The third kappa shape index (κ3) is 3.55. The van der Waals surface area contributed by atoms with Gasteiger partial charge in [-0.25, -0.2) is 4.39 Å². The molecule has 30 heavy (non-hydrogen) atoms. The van der Waals surface area contributed by atoms with E-state index in [1.807, 2.05) is 29.7 Å². The van der Waals surface area contributed by atoms with Crippen LogP contribution in [0.15, 0.2) is 84.3 Å². The average Bonchev–Trinajstić information content (AvgIpc) is 3.43. The Morgan fingerprint density at radius 2 is 1.93 bits per heavy atom. The van der Waals surface area contributed by atoms with Crippen LogP contribution >= 0.6 is 11.8 Å². The first kappa shape index (κ1) is 18.4. The van der Waals surface area contributed by atoms with Crippen LogP contribution in [0.25, 0.3) is 10.9 Å². The van der Waals surface area contributed by atoms with E-state index in [1.54, 1.807) is 48.6 Å². The number of halogens is 1. The van der Waals surface area contributed by atoms with Crippen molar-refractivity contribution in [3.8, 4) is 11.5 Å². The van der Waals surface area contributed by atoms with Crippen molar-refractivity contribution in [2.24, 2.45) is 0 Å². The number of carbonyl (C=O) groups excluding carboxylic acids is 1. The number of ketones is 1. The molecule has 5 rings (SSSR count). The lowest BCUT2D eigenvalue weighted by molar-refractivity contribution is 0.102. The van der Waals surface area contributed by atoms with Gasteiger partial charge in [-0.2, -0.15) is 0 Å². The van der Waals surface area contributed by atoms with Gasteiger partial charge in [-0.1, -0.05) is 6.07 Å². The predicted molar refractivity (Wildman–Crippen MR) is 115 cm³/mol. The maximum absolute atomic E-state index is 13.1. The molecule has 1 aliphatic heterocycles. The molecular weight excluding hydrogens is 401 g/mol. The molecule has 0 saturated carbocycles. The minimum atomic E-state index is -0.316. The normalized spacial score (nSPS) is 15.6. The highest BCUT2D eigenvalue weighted by atomic mass is 32.2. The molecule has 0 radical (unpaired) electrons. The Morgan fingerprint density at radius 3 is 2.73 bits per heavy atom. The standard InChI is InChI=1S/C23H16FN3O2S/c24-15-3-5-16(6-4-15)29-17-7-8-18-19(12-26-20(18)10-17)22(28)21-13-30-23(27-21)14-2-1-9-25-11-14/h1-13,23,26-27H. The second-order valence-corrected chi connectivity index (χ2v) is 7.75. The zero-order chi connectivity index (χ0) is 20.5. The lowest BCUT2D eigenvalue weighted by Gasteiger charge is -2.12. The summed E-state index contributed by atoms with van der Waals surface area (Å²) in [5.74, 6) is 0.745. The number of benzene rings is 2. The summed E-state index contributed by atoms with van der Waals surface area (Å²) in [5, 5.41) is 5.91. The van der Waals surface area contributed by atoms with Crippen LogP contribution in [0, 0.1) is 5.82 Å². The van der Waals surface area contributed by atoms with Gasteiger partial charge in [0.15, 0.2) is 0 Å². The summed E-state index contributed by atoms with van der Waals surface area (Å²) >= 11 is 1.55. The number of H-pyrrole nitrogens is 1. The van der Waals surface area contributed by atoms with E-state index in [0.29, 0.717) is 22.8 Å². The molecule has 148 valence electrons. The second kappa shape index (κ2) is 7.68. The number of nitrogens with zero attached hydrogens (tertiary/aromatic N) is 1. The minimum Gasteiger partial charge on any atom is -0.457 e. The first-order chi connectivity index (χ1) is 14.7. The van der Waals surface area contributed by atoms with Gasteiger partial charge in [0.1, 0.15) is 22.7 Å². The lowest BCUT2D eigenvalue weighted by atomic mass is 10.1. The zero-order valence-corrected chi connectivity index (χ0v) is 16.4. The highest BCUT2D eigenvalue weighted by molar-refractivity contribution is 8.02. The van der Waals surface area contributed by atoms with Gasteiger partial charge in [-0.3, -0.25) is 9.78 Å². The third-order valence-corrected chi connectivity index (χ3v) is 5.82. The highest BCUT2D eigenvalue weighted by Gasteiger charge is 2.25. The second-order valence-electron chi connectivity index (χ2n) is 6.77. The number of pyridine rings is 1. The van der Waals surface area contributed by atoms with Crippen LogP contribution in [0.4, 0.5) is 4.39 Å². The number of aromatic amines is 1. The molecule has 2 aromatic carbocycles. The van der Waals surface area contributed by atoms with E-state index in [-0.39, 0.29) is 17.0 Å². The van der Waals surface area contributed by atoms with Crippen LogP contribution in [0.1, 0.15) is 21.3 Å². The van der Waals surface area contributed by atoms with Crippen molar-refractivity contribution in [1.29, 1.82) is 0 Å². The number of fused-ring (bicyclic) bond motifs is 1. The van der Waals surface area contributed by atoms with Crippen LogP contribution in [-0.2, 0) is 0 Å². The first-order valence-corrected chi connectivity index (χ1v) is 10.2. The number of carbonyl (C=O) groups is 1. The molecule has 0 fully saturated rings. The predicted octanol–water partition coefficient (Wildman–Crippen LogP) is 5.55. The topological polar surface area (TPSA) is 67.0 Å². The van der Waals surface area contributed by atoms with E-state index in [2.05, 4.69) is 15.3 Å². The summed E-state index contributed by atoms with van der Waals surface area (Å²) < 4.78 is 18.8. The molecule has 0 saturated heterocycles. The molecule has 0 amide bonds. The van der Waals surface area contributed by atoms with Gasteiger partial charge in [0.25, 0.3) is 0 Å². The number of rotatable bonds is 5. The Bertz CT molecular complexity index is 1250. The number of allylic oxidation sites excluding steroid dienone is 1. The molecule has 3 heterocycles. The fraction of sp³-hybridized carbons (Fsp3) is 0.0435. The van der Waals surface area contributed by atoms with Gasteiger partial charge in [-0.15, -0.1) is 11.8 Å². The number of hydrogen-bond acceptors (Lipinski definition) is 5. The third-order valence-electron chi connectivity index (χ3n) is 4.79. The Hall–Kier alpha value is -3.58. The summed E-state index contributed by atoms with van der Waals surface area (Å²) in [4.78, 5) is 20.3. The van der Waals surface area contributed by atoms with E-state index in [9.17, 15) is 9.18 Å². The molecule has 0 bridgehead atoms. The van der Waals surface area contributed by atoms with E-state index >= 15 is 0 Å². The van der Waals surface area contributed by atoms with Crippen molar-refractivity contribution in [3.63, 3.8) is 0 Å². The monoisotopic (exact) mass is 417 g/mol. The Labute approximate surface area is 176 Å². The Morgan fingerprint density at radius 1 is 1.10 bits per heavy atom.